The summed E-state index contributed by atoms with van der Waals surface area (Å²) in [6.07, 6.45) is 2.33. The topological polar surface area (TPSA) is 104 Å². The number of aromatic nitrogens is 3. The van der Waals surface area contributed by atoms with Crippen molar-refractivity contribution in [2.24, 2.45) is 0 Å². The number of hydrogen-bond acceptors (Lipinski definition) is 5. The normalized spacial score (nSPS) is 14.7. The van der Waals surface area contributed by atoms with Crippen LogP contribution < -0.4 is 10.5 Å². The Kier molecular flexibility index (Phi) is 5.04. The van der Waals surface area contributed by atoms with Crippen LogP contribution >= 0.6 is 0 Å². The average molecular weight is 489 g/mol. The first kappa shape index (κ1) is 22.2. The summed E-state index contributed by atoms with van der Waals surface area (Å²) in [5, 5.41) is 14.4. The lowest BCUT2D eigenvalue weighted by Crippen LogP contribution is -2.33. The molecule has 7 nitrogen and oxygen atoms in total. The summed E-state index contributed by atoms with van der Waals surface area (Å²) >= 11 is 0. The largest absolute Gasteiger partial charge is 0.441 e. The van der Waals surface area contributed by atoms with E-state index in [-0.39, 0.29) is 28.2 Å². The van der Waals surface area contributed by atoms with Gasteiger partial charge in [-0.15, -0.1) is 0 Å². The number of aryl methyl sites for hydroxylation is 1. The molecule has 5 aromatic rings. The molecule has 182 valence electrons. The van der Waals surface area contributed by atoms with Crippen LogP contribution in [-0.2, 0) is 5.60 Å². The fraction of sp³-hybridized carbons (Fsp3) is 0.185. The molecule has 0 aliphatic heterocycles. The molecule has 6 rings (SSSR count). The van der Waals surface area contributed by atoms with E-state index in [1.165, 1.54) is 12.1 Å². The zero-order valence-corrected chi connectivity index (χ0v) is 19.2. The van der Waals surface area contributed by atoms with Crippen molar-refractivity contribution in [2.45, 2.75) is 31.8 Å². The van der Waals surface area contributed by atoms with E-state index in [1.54, 1.807) is 42.5 Å². The van der Waals surface area contributed by atoms with E-state index in [9.17, 15) is 9.90 Å². The summed E-state index contributed by atoms with van der Waals surface area (Å²) in [4.78, 5) is 16.7. The maximum absolute atomic E-state index is 15.5. The first-order valence-corrected chi connectivity index (χ1v) is 11.5. The lowest BCUT2D eigenvalue weighted by molar-refractivity contribution is -0.0387. The van der Waals surface area contributed by atoms with Crippen molar-refractivity contribution in [3.8, 4) is 34.1 Å². The smallest absolute Gasteiger partial charge is 0.439 e. The molecule has 1 saturated carbocycles. The molecule has 1 aliphatic carbocycles. The summed E-state index contributed by atoms with van der Waals surface area (Å²) in [5.74, 6) is -1.20. The van der Waals surface area contributed by atoms with Crippen LogP contribution in [0.2, 0.25) is 0 Å². The van der Waals surface area contributed by atoms with Crippen molar-refractivity contribution in [3.05, 3.63) is 87.9 Å². The Hall–Kier alpha value is -4.24. The Morgan fingerprint density at radius 2 is 1.78 bits per heavy atom. The van der Waals surface area contributed by atoms with E-state index < -0.39 is 23.0 Å². The van der Waals surface area contributed by atoms with Crippen LogP contribution in [-0.4, -0.2) is 20.2 Å². The van der Waals surface area contributed by atoms with Gasteiger partial charge in [0.05, 0.1) is 16.7 Å². The number of nitrogens with one attached hydrogen (secondary N) is 2. The molecule has 3 aromatic carbocycles. The first-order chi connectivity index (χ1) is 17.3. The summed E-state index contributed by atoms with van der Waals surface area (Å²) in [7, 11) is 0. The fourth-order valence-electron chi connectivity index (χ4n) is 4.58. The molecule has 0 radical (unpaired) electrons. The highest BCUT2D eigenvalue weighted by atomic mass is 19.1. The van der Waals surface area contributed by atoms with Crippen molar-refractivity contribution >= 4 is 10.9 Å². The molecule has 0 atom stereocenters. The van der Waals surface area contributed by atoms with Gasteiger partial charge in [0.1, 0.15) is 17.4 Å². The molecule has 36 heavy (non-hydrogen) atoms. The van der Waals surface area contributed by atoms with Crippen molar-refractivity contribution in [3.63, 3.8) is 0 Å². The number of hydrogen-bond donors (Lipinski definition) is 3. The van der Waals surface area contributed by atoms with Gasteiger partial charge in [0.2, 0.25) is 0 Å². The molecular formula is C27H21F2N3O4. The molecule has 2 aromatic heterocycles. The number of benzene rings is 3. The van der Waals surface area contributed by atoms with Crippen molar-refractivity contribution in [1.82, 2.24) is 15.1 Å². The molecule has 0 unspecified atom stereocenters. The third-order valence-corrected chi connectivity index (χ3v) is 6.80. The van der Waals surface area contributed by atoms with E-state index >= 15 is 8.78 Å². The maximum Gasteiger partial charge on any atom is 0.439 e. The quantitative estimate of drug-likeness (QED) is 0.284. The molecule has 9 heteroatoms. The second-order valence-electron chi connectivity index (χ2n) is 9.13. The number of rotatable bonds is 5. The lowest BCUT2D eigenvalue weighted by Gasteiger charge is -2.37. The summed E-state index contributed by atoms with van der Waals surface area (Å²) in [6.45, 7) is 1.83. The molecule has 0 bridgehead atoms. The lowest BCUT2D eigenvalue weighted by atomic mass is 9.75. The molecule has 0 saturated heterocycles. The standard InChI is InChI=1S/C27H21F2N3O4/c1-14-3-4-16(25-31-26(33)36-32-25)11-21(14)35-22-12-18-20(30-22)13-19(28)23(24(18)29)15-5-7-17(8-6-15)27(34)9-2-10-27/h3-8,11-13,30,34H,2,9-10H2,1H3,(H,31,32,33). The summed E-state index contributed by atoms with van der Waals surface area (Å²) in [5.41, 5.74) is 1.74. The van der Waals surface area contributed by atoms with Gasteiger partial charge in [0, 0.05) is 17.0 Å². The zero-order valence-electron chi connectivity index (χ0n) is 19.2. The van der Waals surface area contributed by atoms with Gasteiger partial charge in [-0.05, 0) is 55.0 Å². The summed E-state index contributed by atoms with van der Waals surface area (Å²) in [6, 6.07) is 14.6. The minimum Gasteiger partial charge on any atom is -0.441 e. The molecule has 0 amide bonds. The van der Waals surface area contributed by atoms with Gasteiger partial charge in [-0.3, -0.25) is 9.51 Å². The molecular weight excluding hydrogens is 468 g/mol. The van der Waals surface area contributed by atoms with Crippen LogP contribution in [0.25, 0.3) is 33.4 Å². The van der Waals surface area contributed by atoms with Crippen LogP contribution in [0.15, 0.2) is 63.9 Å². The van der Waals surface area contributed by atoms with E-state index in [1.807, 2.05) is 6.92 Å². The van der Waals surface area contributed by atoms with Gasteiger partial charge >= 0.3 is 5.76 Å². The third-order valence-electron chi connectivity index (χ3n) is 6.80. The highest BCUT2D eigenvalue weighted by Crippen LogP contribution is 2.42. The maximum atomic E-state index is 15.5. The fourth-order valence-corrected chi connectivity index (χ4v) is 4.58. The SMILES string of the molecule is Cc1ccc(-c2noc(=O)[nH]2)cc1Oc1cc2c(F)c(-c3ccc(C4(O)CCC4)cc3)c(F)cc2[nH]1. The van der Waals surface area contributed by atoms with Crippen molar-refractivity contribution in [1.29, 1.82) is 0 Å². The third kappa shape index (κ3) is 3.68. The number of H-pyrrole nitrogens is 2. The van der Waals surface area contributed by atoms with Crippen LogP contribution in [0.3, 0.4) is 0 Å². The van der Waals surface area contributed by atoms with Gasteiger partial charge < -0.3 is 14.8 Å². The van der Waals surface area contributed by atoms with E-state index in [2.05, 4.69) is 19.6 Å². The molecule has 1 fully saturated rings. The number of aliphatic hydroxyl groups is 1. The number of ether oxygens (including phenoxy) is 1. The van der Waals surface area contributed by atoms with Crippen LogP contribution in [0.1, 0.15) is 30.4 Å². The average Bonchev–Trinajstić information content (AvgIpc) is 3.45. The Labute approximate surface area is 203 Å². The van der Waals surface area contributed by atoms with Gasteiger partial charge in [-0.1, -0.05) is 41.6 Å². The number of halogens is 2. The molecule has 3 N–H and O–H groups in total. The van der Waals surface area contributed by atoms with Gasteiger partial charge in [-0.2, -0.15) is 0 Å². The predicted octanol–water partition coefficient (Wildman–Crippen LogP) is 5.93. The minimum absolute atomic E-state index is 0.145. The van der Waals surface area contributed by atoms with Crippen molar-refractivity contribution < 1.29 is 23.1 Å². The zero-order chi connectivity index (χ0) is 25.0. The Morgan fingerprint density at radius 1 is 1.03 bits per heavy atom. The van der Waals surface area contributed by atoms with Crippen LogP contribution in [0.4, 0.5) is 8.78 Å². The van der Waals surface area contributed by atoms with Crippen molar-refractivity contribution in [2.75, 3.05) is 0 Å². The minimum atomic E-state index is -0.842. The Morgan fingerprint density at radius 3 is 2.44 bits per heavy atom. The van der Waals surface area contributed by atoms with E-state index in [0.29, 0.717) is 29.7 Å². The molecule has 1 aliphatic rings. The monoisotopic (exact) mass is 489 g/mol. The number of aromatic amines is 2. The van der Waals surface area contributed by atoms with Crippen LogP contribution in [0.5, 0.6) is 11.6 Å². The first-order valence-electron chi connectivity index (χ1n) is 11.5. The van der Waals surface area contributed by atoms with Gasteiger partial charge in [0.15, 0.2) is 11.7 Å². The predicted molar refractivity (Wildman–Crippen MR) is 129 cm³/mol. The highest BCUT2D eigenvalue weighted by Gasteiger charge is 2.36. The highest BCUT2D eigenvalue weighted by molar-refractivity contribution is 5.88. The Bertz CT molecular complexity index is 1660. The molecule has 0 spiro atoms. The number of nitrogens with zero attached hydrogens (tertiary/aromatic N) is 1. The van der Waals surface area contributed by atoms with Gasteiger partial charge in [-0.25, -0.2) is 13.6 Å². The number of fused-ring (bicyclic) bond motifs is 1. The molecule has 2 heterocycles. The Balaban J connectivity index is 1.34. The van der Waals surface area contributed by atoms with Crippen LogP contribution in [0, 0.1) is 18.6 Å². The van der Waals surface area contributed by atoms with E-state index in [0.717, 1.165) is 17.5 Å². The van der Waals surface area contributed by atoms with Gasteiger partial charge in [0.25, 0.3) is 0 Å². The second kappa shape index (κ2) is 8.17. The summed E-state index contributed by atoms with van der Waals surface area (Å²) < 4.78 is 41.1. The second-order valence-corrected chi connectivity index (χ2v) is 9.13. The van der Waals surface area contributed by atoms with E-state index in [4.69, 9.17) is 4.74 Å².